The van der Waals surface area contributed by atoms with Gasteiger partial charge in [-0.25, -0.2) is 4.39 Å². The summed E-state index contributed by atoms with van der Waals surface area (Å²) in [6.45, 7) is 6.85. The van der Waals surface area contributed by atoms with Crippen molar-refractivity contribution >= 4 is 48.4 Å². The highest BCUT2D eigenvalue weighted by molar-refractivity contribution is 7.26. The van der Waals surface area contributed by atoms with Crippen LogP contribution >= 0.6 is 11.3 Å². The Morgan fingerprint density at radius 3 is 2.72 bits per heavy atom. The number of aromatic amines is 1. The highest BCUT2D eigenvalue weighted by Crippen LogP contribution is 2.49. The number of piperazine rings is 1. The molecule has 0 saturated carbocycles. The largest absolute Gasteiger partial charge is 0.461 e. The number of ether oxygens (including phenoxy) is 1. The number of rotatable bonds is 7. The van der Waals surface area contributed by atoms with Crippen molar-refractivity contribution in [3.05, 3.63) is 35.7 Å². The lowest BCUT2D eigenvalue weighted by atomic mass is 9.94. The molecule has 9 rings (SSSR count). The maximum absolute atomic E-state index is 14.8. The number of pyridine rings is 1. The van der Waals surface area contributed by atoms with Crippen LogP contribution in [0.15, 0.2) is 24.5 Å². The van der Waals surface area contributed by atoms with E-state index in [1.165, 1.54) is 30.5 Å². The van der Waals surface area contributed by atoms with Crippen molar-refractivity contribution in [2.45, 2.75) is 82.0 Å². The summed E-state index contributed by atoms with van der Waals surface area (Å²) in [6.07, 6.45) is 1.14. The number of alkyl halides is 4. The Morgan fingerprint density at radius 2 is 1.96 bits per heavy atom. The van der Waals surface area contributed by atoms with E-state index in [1.54, 1.807) is 13.1 Å². The van der Waals surface area contributed by atoms with Gasteiger partial charge in [0.25, 0.3) is 0 Å². The van der Waals surface area contributed by atoms with Gasteiger partial charge in [0.15, 0.2) is 0 Å². The number of likely N-dealkylation sites (tertiary alicyclic amines) is 1. The van der Waals surface area contributed by atoms with Gasteiger partial charge >= 0.3 is 12.2 Å². The van der Waals surface area contributed by atoms with Crippen LogP contribution in [0.25, 0.3) is 42.5 Å². The topological polar surface area (TPSA) is 107 Å². The number of nitrogens with one attached hydrogen (secondary N) is 1. The summed E-state index contributed by atoms with van der Waals surface area (Å²) >= 11 is 1.29. The van der Waals surface area contributed by atoms with E-state index in [0.717, 1.165) is 56.1 Å². The summed E-state index contributed by atoms with van der Waals surface area (Å²) in [7, 11) is 0. The molecule has 15 heteroatoms. The SMILES string of the molecule is Cc1cc2[nH]ncc2c(-c2nccc3c2sc2nc(OC[C@@]45CCCN4C[C@H](F)C5)nc(N4[C@@H]5CC[C@H]4CN(CC(C)O)C5)c23)c1C(F)(F)F. The molecule has 10 nitrogen and oxygen atoms in total. The summed E-state index contributed by atoms with van der Waals surface area (Å²) in [5.41, 5.74) is -0.360. The van der Waals surface area contributed by atoms with Gasteiger partial charge in [-0.1, -0.05) is 0 Å². The van der Waals surface area contributed by atoms with Crippen LogP contribution in [-0.2, 0) is 6.18 Å². The normalized spacial score (nSPS) is 26.5. The molecule has 4 aromatic heterocycles. The van der Waals surface area contributed by atoms with Crippen LogP contribution in [0.5, 0.6) is 6.01 Å². The van der Waals surface area contributed by atoms with E-state index in [9.17, 15) is 22.7 Å². The molecule has 1 unspecified atom stereocenters. The quantitative estimate of drug-likeness (QED) is 0.194. The third-order valence-electron chi connectivity index (χ3n) is 11.2. The minimum atomic E-state index is -4.63. The van der Waals surface area contributed by atoms with Gasteiger partial charge in [-0.3, -0.25) is 19.9 Å². The molecule has 5 aromatic rings. The molecular weight excluding hydrogens is 672 g/mol. The number of anilines is 1. The van der Waals surface area contributed by atoms with E-state index in [2.05, 4.69) is 29.9 Å². The Morgan fingerprint density at radius 1 is 1.16 bits per heavy atom. The smallest absolute Gasteiger partial charge is 0.417 e. The number of thiophene rings is 1. The number of β-amino-alcohol motifs (C(OH)–C–C–N with tert-alkyl or cyclic N) is 1. The van der Waals surface area contributed by atoms with E-state index in [1.807, 2.05) is 6.07 Å². The molecule has 5 atom stereocenters. The monoisotopic (exact) mass is 710 g/mol. The van der Waals surface area contributed by atoms with Crippen molar-refractivity contribution < 1.29 is 27.4 Å². The first kappa shape index (κ1) is 32.3. The summed E-state index contributed by atoms with van der Waals surface area (Å²) in [4.78, 5) is 22.0. The Balaban J connectivity index is 1.22. The first-order valence-electron chi connectivity index (χ1n) is 17.3. The molecule has 264 valence electrons. The number of aryl methyl sites for hydroxylation is 1. The molecule has 0 aliphatic carbocycles. The predicted octanol–water partition coefficient (Wildman–Crippen LogP) is 6.10. The van der Waals surface area contributed by atoms with Gasteiger partial charge in [0.1, 0.15) is 23.4 Å². The Kier molecular flexibility index (Phi) is 7.54. The first-order chi connectivity index (χ1) is 24.0. The first-order valence-corrected chi connectivity index (χ1v) is 18.1. The molecule has 50 heavy (non-hydrogen) atoms. The zero-order valence-corrected chi connectivity index (χ0v) is 28.6. The molecule has 8 heterocycles. The lowest BCUT2D eigenvalue weighted by Gasteiger charge is -2.42. The fraction of sp³-hybridized carbons (Fsp3) is 0.543. The van der Waals surface area contributed by atoms with Gasteiger partial charge in [0.2, 0.25) is 0 Å². The molecule has 4 fully saturated rings. The number of aliphatic hydroxyl groups excluding tert-OH is 1. The predicted molar refractivity (Wildman–Crippen MR) is 183 cm³/mol. The Labute approximate surface area is 289 Å². The number of benzene rings is 1. The highest BCUT2D eigenvalue weighted by Gasteiger charge is 2.50. The number of aliphatic hydroxyl groups is 1. The van der Waals surface area contributed by atoms with Crippen molar-refractivity contribution in [3.63, 3.8) is 0 Å². The number of aromatic nitrogens is 5. The van der Waals surface area contributed by atoms with Crippen molar-refractivity contribution in [2.24, 2.45) is 0 Å². The Hall–Kier alpha value is -3.66. The van der Waals surface area contributed by atoms with Crippen LogP contribution in [0.1, 0.15) is 50.2 Å². The maximum atomic E-state index is 14.8. The van der Waals surface area contributed by atoms with Crippen LogP contribution in [0.2, 0.25) is 0 Å². The lowest BCUT2D eigenvalue weighted by molar-refractivity contribution is -0.137. The zero-order chi connectivity index (χ0) is 34.5. The van der Waals surface area contributed by atoms with Crippen LogP contribution < -0.4 is 9.64 Å². The third-order valence-corrected chi connectivity index (χ3v) is 12.3. The molecule has 2 N–H and O–H groups in total. The van der Waals surface area contributed by atoms with Gasteiger partial charge in [-0.05, 0) is 63.8 Å². The summed E-state index contributed by atoms with van der Waals surface area (Å²) in [5.74, 6) is 0.696. The molecule has 4 aliphatic heterocycles. The average molecular weight is 711 g/mol. The van der Waals surface area contributed by atoms with Crippen LogP contribution in [0.3, 0.4) is 0 Å². The summed E-state index contributed by atoms with van der Waals surface area (Å²) < 4.78 is 65.9. The number of hydrogen-bond donors (Lipinski definition) is 2. The van der Waals surface area contributed by atoms with Crippen molar-refractivity contribution in [1.82, 2.24) is 34.9 Å². The number of halogens is 4. The molecule has 4 aliphatic rings. The maximum Gasteiger partial charge on any atom is 0.417 e. The van der Waals surface area contributed by atoms with Gasteiger partial charge in [-0.15, -0.1) is 11.3 Å². The van der Waals surface area contributed by atoms with Gasteiger partial charge in [0.05, 0.1) is 44.7 Å². The minimum Gasteiger partial charge on any atom is -0.461 e. The van der Waals surface area contributed by atoms with E-state index in [0.29, 0.717) is 45.8 Å². The van der Waals surface area contributed by atoms with Crippen LogP contribution in [0, 0.1) is 6.92 Å². The number of fused-ring (bicyclic) bond motifs is 7. The fourth-order valence-corrected chi connectivity index (χ4v) is 10.5. The van der Waals surface area contributed by atoms with Crippen molar-refractivity contribution in [1.29, 1.82) is 0 Å². The number of nitrogens with zero attached hydrogens (tertiary/aromatic N) is 7. The van der Waals surface area contributed by atoms with E-state index >= 15 is 0 Å². The number of hydrogen-bond acceptors (Lipinski definition) is 10. The van der Waals surface area contributed by atoms with E-state index < -0.39 is 29.6 Å². The van der Waals surface area contributed by atoms with Crippen LogP contribution in [-0.4, -0.2) is 109 Å². The molecule has 0 radical (unpaired) electrons. The molecule has 0 spiro atoms. The molecular formula is C35H38F4N8O2S. The number of H-pyrrole nitrogens is 1. The van der Waals surface area contributed by atoms with Gasteiger partial charge < -0.3 is 14.7 Å². The minimum absolute atomic E-state index is 0.0152. The second-order valence-corrected chi connectivity index (χ2v) is 15.6. The summed E-state index contributed by atoms with van der Waals surface area (Å²) in [5, 5.41) is 18.9. The Bertz CT molecular complexity index is 2110. The van der Waals surface area contributed by atoms with Crippen molar-refractivity contribution in [3.8, 4) is 17.3 Å². The average Bonchev–Trinajstić information content (AvgIpc) is 3.85. The van der Waals surface area contributed by atoms with Crippen LogP contribution in [0.4, 0.5) is 23.4 Å². The van der Waals surface area contributed by atoms with Crippen molar-refractivity contribution in [2.75, 3.05) is 44.2 Å². The fourth-order valence-electron chi connectivity index (χ4n) is 9.34. The lowest BCUT2D eigenvalue weighted by Crippen LogP contribution is -2.55. The standard InChI is InChI=1S/C35H38F4N8O2S/c1-18-10-25-24(12-41-44-25)26(28(18)35(37,38)39)29-30-23(6-8-40-29)27-31(47-21-4-5-22(47)16-45(15-21)13-19(2)48)42-33(43-32(27)50-30)49-17-34-7-3-9-46(34)14-20(36)11-34/h6,8,10,12,19-22,48H,3-5,7,9,11,13-17H2,1-2H3,(H,41,44)/t19?,20-,21-,22+,34+/m1/s1. The second kappa shape index (κ2) is 11.7. The highest BCUT2D eigenvalue weighted by atomic mass is 32.1. The van der Waals surface area contributed by atoms with E-state index in [4.69, 9.17) is 14.7 Å². The summed E-state index contributed by atoms with van der Waals surface area (Å²) in [6, 6.07) is 3.74. The molecule has 2 bridgehead atoms. The van der Waals surface area contributed by atoms with Gasteiger partial charge in [-0.2, -0.15) is 28.2 Å². The molecule has 0 amide bonds. The van der Waals surface area contributed by atoms with Gasteiger partial charge in [0, 0.05) is 67.2 Å². The molecule has 1 aromatic carbocycles. The zero-order valence-electron chi connectivity index (χ0n) is 27.8. The van der Waals surface area contributed by atoms with E-state index in [-0.39, 0.29) is 41.5 Å². The molecule has 4 saturated heterocycles. The second-order valence-electron chi connectivity index (χ2n) is 14.6. The third kappa shape index (κ3) is 5.14.